The lowest BCUT2D eigenvalue weighted by Crippen LogP contribution is -2.39. The van der Waals surface area contributed by atoms with Gasteiger partial charge in [-0.05, 0) is 43.2 Å². The topological polar surface area (TPSA) is 46.1 Å². The van der Waals surface area contributed by atoms with Crippen LogP contribution in [0.4, 0.5) is 0 Å². The zero-order chi connectivity index (χ0) is 18.6. The fourth-order valence-corrected chi connectivity index (χ4v) is 3.63. The molecule has 1 fully saturated rings. The number of hydrogen-bond acceptors (Lipinski definition) is 3. The minimum atomic E-state index is 0.0497. The van der Waals surface area contributed by atoms with Crippen LogP contribution in [-0.4, -0.2) is 33.9 Å². The Morgan fingerprint density at radius 3 is 2.59 bits per heavy atom. The average Bonchev–Trinajstić information content (AvgIpc) is 2.75. The number of amides is 1. The number of aromatic nitrogens is 2. The van der Waals surface area contributed by atoms with Crippen LogP contribution in [0.3, 0.4) is 0 Å². The van der Waals surface area contributed by atoms with Crippen LogP contribution in [0.1, 0.15) is 34.8 Å². The van der Waals surface area contributed by atoms with Crippen molar-refractivity contribution in [1.29, 1.82) is 0 Å². The van der Waals surface area contributed by atoms with E-state index in [2.05, 4.69) is 4.98 Å². The van der Waals surface area contributed by atoms with Gasteiger partial charge in [0.25, 0.3) is 5.91 Å². The van der Waals surface area contributed by atoms with E-state index in [9.17, 15) is 4.79 Å². The third kappa shape index (κ3) is 4.01. The molecule has 136 valence electrons. The fraction of sp³-hybridized carbons (Fsp3) is 0.227. The number of hydrogen-bond donors (Lipinski definition) is 0. The summed E-state index contributed by atoms with van der Waals surface area (Å²) in [6.45, 7) is 1.45. The molecule has 4 nitrogen and oxygen atoms in total. The normalized spacial score (nSPS) is 16.9. The standard InChI is InChI=1S/C22H20ClN3O/c23-19-10-8-17(9-11-19)22(27)26-14-4-7-18(15-26)20-12-13-24-21(25-20)16-5-2-1-3-6-16/h1-3,5-6,8-13,18H,4,7,14-15H2. The van der Waals surface area contributed by atoms with Crippen LogP contribution in [-0.2, 0) is 0 Å². The fourth-order valence-electron chi connectivity index (χ4n) is 3.50. The van der Waals surface area contributed by atoms with Crippen LogP contribution in [0.2, 0.25) is 5.02 Å². The number of piperidine rings is 1. The van der Waals surface area contributed by atoms with Crippen molar-refractivity contribution in [3.05, 3.63) is 83.1 Å². The van der Waals surface area contributed by atoms with Gasteiger partial charge in [-0.2, -0.15) is 0 Å². The molecule has 1 amide bonds. The van der Waals surface area contributed by atoms with E-state index < -0.39 is 0 Å². The number of carbonyl (C=O) groups excluding carboxylic acids is 1. The monoisotopic (exact) mass is 377 g/mol. The summed E-state index contributed by atoms with van der Waals surface area (Å²) < 4.78 is 0. The molecule has 0 spiro atoms. The summed E-state index contributed by atoms with van der Waals surface area (Å²) in [5.74, 6) is 1.00. The molecule has 0 radical (unpaired) electrons. The molecular weight excluding hydrogens is 358 g/mol. The molecule has 1 aromatic heterocycles. The maximum Gasteiger partial charge on any atom is 0.253 e. The molecule has 1 unspecified atom stereocenters. The molecule has 0 bridgehead atoms. The summed E-state index contributed by atoms with van der Waals surface area (Å²) >= 11 is 5.93. The van der Waals surface area contributed by atoms with Gasteiger partial charge in [0.05, 0.1) is 0 Å². The van der Waals surface area contributed by atoms with Crippen molar-refractivity contribution in [3.63, 3.8) is 0 Å². The van der Waals surface area contributed by atoms with Gasteiger partial charge in [0.2, 0.25) is 0 Å². The maximum absolute atomic E-state index is 12.8. The zero-order valence-electron chi connectivity index (χ0n) is 14.9. The highest BCUT2D eigenvalue weighted by molar-refractivity contribution is 6.30. The van der Waals surface area contributed by atoms with Gasteiger partial charge in [-0.3, -0.25) is 4.79 Å². The third-order valence-corrected chi connectivity index (χ3v) is 5.18. The van der Waals surface area contributed by atoms with Crippen molar-refractivity contribution in [2.45, 2.75) is 18.8 Å². The number of benzene rings is 2. The SMILES string of the molecule is O=C(c1ccc(Cl)cc1)N1CCCC(c2ccnc(-c3ccccc3)n2)C1. The number of halogens is 1. The lowest BCUT2D eigenvalue weighted by Gasteiger charge is -2.32. The van der Waals surface area contributed by atoms with E-state index in [-0.39, 0.29) is 11.8 Å². The molecule has 1 aliphatic heterocycles. The molecule has 1 atom stereocenters. The van der Waals surface area contributed by atoms with Gasteiger partial charge in [0.1, 0.15) is 0 Å². The van der Waals surface area contributed by atoms with E-state index in [0.29, 0.717) is 17.1 Å². The summed E-state index contributed by atoms with van der Waals surface area (Å²) in [4.78, 5) is 23.9. The van der Waals surface area contributed by atoms with Crippen molar-refractivity contribution in [2.75, 3.05) is 13.1 Å². The van der Waals surface area contributed by atoms with Gasteiger partial charge in [0, 0.05) is 47.0 Å². The summed E-state index contributed by atoms with van der Waals surface area (Å²) in [5, 5.41) is 0.637. The molecule has 0 N–H and O–H groups in total. The second-order valence-corrected chi connectivity index (χ2v) is 7.20. The molecule has 1 saturated heterocycles. The highest BCUT2D eigenvalue weighted by Gasteiger charge is 2.26. The highest BCUT2D eigenvalue weighted by Crippen LogP contribution is 2.28. The largest absolute Gasteiger partial charge is 0.338 e. The Hall–Kier alpha value is -2.72. The number of rotatable bonds is 3. The predicted molar refractivity (Wildman–Crippen MR) is 107 cm³/mol. The Kier molecular flexibility index (Phi) is 5.16. The first kappa shape index (κ1) is 17.7. The van der Waals surface area contributed by atoms with Gasteiger partial charge < -0.3 is 4.90 Å². The maximum atomic E-state index is 12.8. The van der Waals surface area contributed by atoms with E-state index in [0.717, 1.165) is 36.5 Å². The molecule has 1 aliphatic rings. The van der Waals surface area contributed by atoms with Crippen molar-refractivity contribution < 1.29 is 4.79 Å². The molecule has 2 heterocycles. The Labute approximate surface area is 163 Å². The van der Waals surface area contributed by atoms with Gasteiger partial charge in [-0.1, -0.05) is 41.9 Å². The molecule has 27 heavy (non-hydrogen) atoms. The van der Waals surface area contributed by atoms with Crippen molar-refractivity contribution in [3.8, 4) is 11.4 Å². The highest BCUT2D eigenvalue weighted by atomic mass is 35.5. The summed E-state index contributed by atoms with van der Waals surface area (Å²) in [7, 11) is 0. The lowest BCUT2D eigenvalue weighted by atomic mass is 9.94. The van der Waals surface area contributed by atoms with Gasteiger partial charge in [-0.15, -0.1) is 0 Å². The molecule has 3 aromatic rings. The molecule has 0 aliphatic carbocycles. The molecule has 2 aromatic carbocycles. The van der Waals surface area contributed by atoms with E-state index in [1.165, 1.54) is 0 Å². The first-order chi connectivity index (χ1) is 13.2. The quantitative estimate of drug-likeness (QED) is 0.657. The van der Waals surface area contributed by atoms with Gasteiger partial charge in [0.15, 0.2) is 5.82 Å². The summed E-state index contributed by atoms with van der Waals surface area (Å²) in [6, 6.07) is 19.0. The molecule has 5 heteroatoms. The number of carbonyl (C=O) groups is 1. The smallest absolute Gasteiger partial charge is 0.253 e. The first-order valence-corrected chi connectivity index (χ1v) is 9.52. The number of nitrogens with zero attached hydrogens (tertiary/aromatic N) is 3. The minimum Gasteiger partial charge on any atom is -0.338 e. The number of likely N-dealkylation sites (tertiary alicyclic amines) is 1. The van der Waals surface area contributed by atoms with Crippen molar-refractivity contribution in [1.82, 2.24) is 14.9 Å². The Morgan fingerprint density at radius 1 is 1.04 bits per heavy atom. The second kappa shape index (κ2) is 7.89. The van der Waals surface area contributed by atoms with Crippen molar-refractivity contribution in [2.24, 2.45) is 0 Å². The predicted octanol–water partition coefficient (Wildman–Crippen LogP) is 4.82. The van der Waals surface area contributed by atoms with Crippen molar-refractivity contribution >= 4 is 17.5 Å². The van der Waals surface area contributed by atoms with E-state index in [4.69, 9.17) is 16.6 Å². The van der Waals surface area contributed by atoms with Crippen LogP contribution in [0, 0.1) is 0 Å². The second-order valence-electron chi connectivity index (χ2n) is 6.77. The Balaban J connectivity index is 1.53. The third-order valence-electron chi connectivity index (χ3n) is 4.93. The van der Waals surface area contributed by atoms with Crippen LogP contribution >= 0.6 is 11.6 Å². The zero-order valence-corrected chi connectivity index (χ0v) is 15.6. The summed E-state index contributed by atoms with van der Waals surface area (Å²) in [6.07, 6.45) is 3.80. The van der Waals surface area contributed by atoms with E-state index >= 15 is 0 Å². The van der Waals surface area contributed by atoms with Crippen LogP contribution in [0.5, 0.6) is 0 Å². The van der Waals surface area contributed by atoms with Crippen LogP contribution in [0.15, 0.2) is 66.9 Å². The molecular formula is C22H20ClN3O. The molecule has 4 rings (SSSR count). The first-order valence-electron chi connectivity index (χ1n) is 9.14. The minimum absolute atomic E-state index is 0.0497. The van der Waals surface area contributed by atoms with E-state index in [1.807, 2.05) is 47.5 Å². The molecule has 0 saturated carbocycles. The lowest BCUT2D eigenvalue weighted by molar-refractivity contribution is 0.0706. The summed E-state index contributed by atoms with van der Waals surface area (Å²) in [5.41, 5.74) is 2.68. The average molecular weight is 378 g/mol. The van der Waals surface area contributed by atoms with Gasteiger partial charge in [-0.25, -0.2) is 9.97 Å². The Bertz CT molecular complexity index is 928. The van der Waals surface area contributed by atoms with Crippen LogP contribution < -0.4 is 0 Å². The van der Waals surface area contributed by atoms with E-state index in [1.54, 1.807) is 24.3 Å². The van der Waals surface area contributed by atoms with Crippen LogP contribution in [0.25, 0.3) is 11.4 Å². The Morgan fingerprint density at radius 2 is 1.81 bits per heavy atom. The van der Waals surface area contributed by atoms with Gasteiger partial charge >= 0.3 is 0 Å².